The summed E-state index contributed by atoms with van der Waals surface area (Å²) in [5, 5.41) is 0. The van der Waals surface area contributed by atoms with Crippen LogP contribution in [0.2, 0.25) is 0 Å². The Kier molecular flexibility index (Phi) is 12.5. The lowest BCUT2D eigenvalue weighted by atomic mass is 9.95. The molecule has 2 heteroatoms. The van der Waals surface area contributed by atoms with Gasteiger partial charge in [-0.25, -0.2) is 4.70 Å². The molecule has 3 rings (SSSR count). The summed E-state index contributed by atoms with van der Waals surface area (Å²) in [5.74, 6) is 0. The number of hydrogen-bond donors (Lipinski definition) is 0. The summed E-state index contributed by atoms with van der Waals surface area (Å²) < 4.78 is 1.52. The number of rotatable bonds is 17. The Balaban J connectivity index is 2.05. The lowest BCUT2D eigenvalue weighted by molar-refractivity contribution is -0.344. The standard InChI is InChI=1S/C36H52N2/c1-6-11-16-28-21-29(17-12-7-2)24-33(23-28)35-27-32(20-15-10-5)36(38(35)37)34-25-30(18-13-8-3)22-31(26-34)19-14-9-4/h21-27H,6-20H2,1-5H3. The average molecular weight is 513 g/mol. The number of allylic oxidation sites excluding steroid dienone is 2. The first-order valence-corrected chi connectivity index (χ1v) is 15.7. The first kappa shape index (κ1) is 30.1. The van der Waals surface area contributed by atoms with Gasteiger partial charge < -0.3 is 5.53 Å². The van der Waals surface area contributed by atoms with E-state index in [0.29, 0.717) is 0 Å². The highest BCUT2D eigenvalue weighted by atomic mass is 15.2. The average Bonchev–Trinajstić information content (AvgIpc) is 3.27. The van der Waals surface area contributed by atoms with E-state index in [1.165, 1.54) is 89.5 Å². The van der Waals surface area contributed by atoms with Gasteiger partial charge in [-0.15, -0.1) is 0 Å². The summed E-state index contributed by atoms with van der Waals surface area (Å²) in [4.78, 5) is 0. The minimum absolute atomic E-state index is 0.941. The zero-order valence-electron chi connectivity index (χ0n) is 25.0. The van der Waals surface area contributed by atoms with Gasteiger partial charge in [0.2, 0.25) is 11.4 Å². The van der Waals surface area contributed by atoms with Crippen molar-refractivity contribution in [3.8, 4) is 0 Å². The van der Waals surface area contributed by atoms with E-state index in [2.05, 4.69) is 77.1 Å². The van der Waals surface area contributed by atoms with Gasteiger partial charge in [0.25, 0.3) is 0 Å². The number of aryl methyl sites for hydroxylation is 4. The molecule has 0 saturated carbocycles. The first-order chi connectivity index (χ1) is 18.5. The van der Waals surface area contributed by atoms with Gasteiger partial charge in [0, 0.05) is 22.8 Å². The number of benzene rings is 2. The van der Waals surface area contributed by atoms with E-state index in [9.17, 15) is 5.53 Å². The molecule has 0 fully saturated rings. The van der Waals surface area contributed by atoms with Crippen LogP contribution in [-0.4, -0.2) is 4.70 Å². The molecule has 0 saturated heterocycles. The van der Waals surface area contributed by atoms with Crippen LogP contribution in [0.3, 0.4) is 0 Å². The highest BCUT2D eigenvalue weighted by Crippen LogP contribution is 2.39. The van der Waals surface area contributed by atoms with Gasteiger partial charge in [-0.1, -0.05) is 78.9 Å². The monoisotopic (exact) mass is 512 g/mol. The molecule has 0 aromatic heterocycles. The van der Waals surface area contributed by atoms with Crippen molar-refractivity contribution in [2.24, 2.45) is 0 Å². The third-order valence-electron chi connectivity index (χ3n) is 7.81. The van der Waals surface area contributed by atoms with E-state index in [1.807, 2.05) is 0 Å². The number of hydrogen-bond acceptors (Lipinski definition) is 0. The Bertz CT molecular complexity index is 1070. The quantitative estimate of drug-likeness (QED) is 0.188. The van der Waals surface area contributed by atoms with E-state index in [-0.39, 0.29) is 0 Å². The van der Waals surface area contributed by atoms with Crippen molar-refractivity contribution in [2.45, 2.75) is 131 Å². The van der Waals surface area contributed by atoms with Crippen molar-refractivity contribution in [3.05, 3.63) is 87.0 Å². The van der Waals surface area contributed by atoms with E-state index < -0.39 is 0 Å². The summed E-state index contributed by atoms with van der Waals surface area (Å²) in [5.41, 5.74) is 23.0. The molecule has 2 aromatic carbocycles. The molecule has 1 heterocycles. The summed E-state index contributed by atoms with van der Waals surface area (Å²) in [7, 11) is 0. The van der Waals surface area contributed by atoms with Crippen LogP contribution in [0, 0.1) is 0 Å². The van der Waals surface area contributed by atoms with Gasteiger partial charge in [0.15, 0.2) is 0 Å². The molecule has 1 aliphatic rings. The lowest BCUT2D eigenvalue weighted by Crippen LogP contribution is -2.05. The maximum atomic E-state index is 11.8. The van der Waals surface area contributed by atoms with Crippen LogP contribution in [0.15, 0.2) is 48.0 Å². The van der Waals surface area contributed by atoms with Crippen molar-refractivity contribution in [2.75, 3.05) is 0 Å². The van der Waals surface area contributed by atoms with Crippen LogP contribution in [0.1, 0.15) is 139 Å². The fraction of sp³-hybridized carbons (Fsp3) is 0.556. The predicted molar refractivity (Wildman–Crippen MR) is 165 cm³/mol. The molecule has 1 aliphatic heterocycles. The van der Waals surface area contributed by atoms with E-state index in [4.69, 9.17) is 0 Å². The van der Waals surface area contributed by atoms with Gasteiger partial charge in [0.05, 0.1) is 0 Å². The Morgan fingerprint density at radius 1 is 0.500 bits per heavy atom. The van der Waals surface area contributed by atoms with Gasteiger partial charge in [0.1, 0.15) is 0 Å². The fourth-order valence-electron chi connectivity index (χ4n) is 5.53. The second-order valence-corrected chi connectivity index (χ2v) is 11.3. The highest BCUT2D eigenvalue weighted by molar-refractivity contribution is 5.79. The van der Waals surface area contributed by atoms with Crippen LogP contribution in [0.25, 0.3) is 16.9 Å². The van der Waals surface area contributed by atoms with Crippen LogP contribution < -0.4 is 0 Å². The third-order valence-corrected chi connectivity index (χ3v) is 7.81. The summed E-state index contributed by atoms with van der Waals surface area (Å²) in [6.45, 7) is 11.3. The largest absolute Gasteiger partial charge is 0.493 e. The number of unbranched alkanes of at least 4 members (excludes halogenated alkanes) is 5. The zero-order valence-corrected chi connectivity index (χ0v) is 25.0. The first-order valence-electron chi connectivity index (χ1n) is 15.7. The van der Waals surface area contributed by atoms with Gasteiger partial charge in [-0.05, 0) is 111 Å². The fourth-order valence-corrected chi connectivity index (χ4v) is 5.53. The van der Waals surface area contributed by atoms with Crippen molar-refractivity contribution in [3.63, 3.8) is 0 Å². The van der Waals surface area contributed by atoms with E-state index >= 15 is 0 Å². The van der Waals surface area contributed by atoms with Crippen molar-refractivity contribution in [1.29, 1.82) is 0 Å². The maximum Gasteiger partial charge on any atom is 0.210 e. The summed E-state index contributed by atoms with van der Waals surface area (Å²) in [6, 6.07) is 14.1. The molecule has 0 atom stereocenters. The number of nitrogens with zero attached hydrogens (tertiary/aromatic N) is 2. The van der Waals surface area contributed by atoms with Gasteiger partial charge in [-0.2, -0.15) is 0 Å². The molecule has 38 heavy (non-hydrogen) atoms. The topological polar surface area (TPSA) is 25.3 Å². The Labute approximate surface area is 233 Å². The third kappa shape index (κ3) is 8.26. The van der Waals surface area contributed by atoms with E-state index in [0.717, 1.165) is 61.9 Å². The minimum atomic E-state index is 0.941. The molecule has 0 amide bonds. The van der Waals surface area contributed by atoms with Crippen molar-refractivity contribution < 1.29 is 4.70 Å². The molecule has 0 N–H and O–H groups in total. The molecule has 0 aliphatic carbocycles. The highest BCUT2D eigenvalue weighted by Gasteiger charge is 2.29. The second-order valence-electron chi connectivity index (χ2n) is 11.3. The Hall–Kier alpha value is -2.48. The normalized spacial score (nSPS) is 13.5. The summed E-state index contributed by atoms with van der Waals surface area (Å²) >= 11 is 0. The smallest absolute Gasteiger partial charge is 0.210 e. The second kappa shape index (κ2) is 15.8. The molecule has 0 spiro atoms. The van der Waals surface area contributed by atoms with E-state index in [1.54, 1.807) is 0 Å². The Morgan fingerprint density at radius 3 is 1.26 bits per heavy atom. The van der Waals surface area contributed by atoms with Gasteiger partial charge in [-0.3, -0.25) is 0 Å². The SMILES string of the molecule is CCCCC1=C(c2cc(CCCC)cc(CCCC)c2)[N+](=[N-])C(c2cc(CCCC)cc(CCCC)c2)=C1. The van der Waals surface area contributed by atoms with Crippen molar-refractivity contribution in [1.82, 2.24) is 0 Å². The van der Waals surface area contributed by atoms with Crippen LogP contribution in [0.5, 0.6) is 0 Å². The predicted octanol–water partition coefficient (Wildman–Crippen LogP) is 11.0. The van der Waals surface area contributed by atoms with Gasteiger partial charge >= 0.3 is 0 Å². The van der Waals surface area contributed by atoms with Crippen LogP contribution >= 0.6 is 0 Å². The van der Waals surface area contributed by atoms with Crippen LogP contribution in [-0.2, 0) is 25.7 Å². The molecule has 0 bridgehead atoms. The maximum absolute atomic E-state index is 11.8. The molecule has 2 nitrogen and oxygen atoms in total. The minimum Gasteiger partial charge on any atom is -0.493 e. The molecular weight excluding hydrogens is 460 g/mol. The molecule has 0 radical (unpaired) electrons. The molecule has 2 aromatic rings. The summed E-state index contributed by atoms with van der Waals surface area (Å²) in [6.07, 6.45) is 19.6. The molecule has 206 valence electrons. The zero-order chi connectivity index (χ0) is 27.3. The molecular formula is C36H52N2. The van der Waals surface area contributed by atoms with Crippen molar-refractivity contribution >= 4 is 11.4 Å². The Morgan fingerprint density at radius 2 is 0.868 bits per heavy atom. The molecule has 0 unspecified atom stereocenters. The van der Waals surface area contributed by atoms with Crippen LogP contribution in [0.4, 0.5) is 0 Å². The lowest BCUT2D eigenvalue weighted by Gasteiger charge is -2.14.